The Hall–Kier alpha value is -3.48. The molecular weight excluding hydrogens is 338 g/mol. The molecule has 1 aromatic heterocycles. The molecule has 0 saturated carbocycles. The van der Waals surface area contributed by atoms with Crippen LogP contribution in [0.25, 0.3) is 10.9 Å². The van der Waals surface area contributed by atoms with E-state index in [1.54, 1.807) is 38.5 Å². The van der Waals surface area contributed by atoms with Gasteiger partial charge in [0.15, 0.2) is 11.5 Å². The summed E-state index contributed by atoms with van der Waals surface area (Å²) < 4.78 is 21.3. The summed E-state index contributed by atoms with van der Waals surface area (Å²) in [7, 11) is 4.57. The van der Waals surface area contributed by atoms with Crippen molar-refractivity contribution in [2.24, 2.45) is 0 Å². The van der Waals surface area contributed by atoms with Crippen molar-refractivity contribution >= 4 is 16.9 Å². The molecule has 2 aromatic carbocycles. The maximum absolute atomic E-state index is 11.5. The largest absolute Gasteiger partial charge is 0.497 e. The zero-order valence-electron chi connectivity index (χ0n) is 14.5. The van der Waals surface area contributed by atoms with E-state index in [1.807, 2.05) is 6.07 Å². The minimum absolute atomic E-state index is 0.0152. The molecule has 3 aromatic rings. The van der Waals surface area contributed by atoms with Crippen LogP contribution in [0.1, 0.15) is 10.4 Å². The quantitative estimate of drug-likeness (QED) is 0.720. The van der Waals surface area contributed by atoms with Gasteiger partial charge in [-0.3, -0.25) is 0 Å². The summed E-state index contributed by atoms with van der Waals surface area (Å²) in [6.07, 6.45) is 0. The number of rotatable bonds is 6. The van der Waals surface area contributed by atoms with Gasteiger partial charge < -0.3 is 24.1 Å². The van der Waals surface area contributed by atoms with Crippen LogP contribution in [-0.4, -0.2) is 37.4 Å². The second kappa shape index (κ2) is 7.18. The van der Waals surface area contributed by atoms with Gasteiger partial charge in [0, 0.05) is 17.5 Å². The smallest absolute Gasteiger partial charge is 0.339 e. The molecule has 0 unspecified atom stereocenters. The van der Waals surface area contributed by atoms with E-state index in [4.69, 9.17) is 18.9 Å². The second-order valence-corrected chi connectivity index (χ2v) is 5.32. The maximum atomic E-state index is 11.5. The molecule has 0 radical (unpaired) electrons. The van der Waals surface area contributed by atoms with Gasteiger partial charge in [0.25, 0.3) is 0 Å². The molecule has 0 bridgehead atoms. The van der Waals surface area contributed by atoms with Crippen LogP contribution >= 0.6 is 0 Å². The van der Waals surface area contributed by atoms with Crippen LogP contribution in [0.3, 0.4) is 0 Å². The highest BCUT2D eigenvalue weighted by Gasteiger charge is 2.15. The van der Waals surface area contributed by atoms with E-state index in [0.717, 1.165) is 5.39 Å². The molecule has 7 heteroatoms. The van der Waals surface area contributed by atoms with E-state index in [0.29, 0.717) is 22.8 Å². The summed E-state index contributed by atoms with van der Waals surface area (Å²) in [5, 5.41) is 10.2. The minimum atomic E-state index is -1.12. The lowest BCUT2D eigenvalue weighted by molar-refractivity contribution is 0.0693. The molecule has 26 heavy (non-hydrogen) atoms. The van der Waals surface area contributed by atoms with E-state index < -0.39 is 5.97 Å². The van der Waals surface area contributed by atoms with Gasteiger partial charge in [0.2, 0.25) is 5.88 Å². The van der Waals surface area contributed by atoms with Crippen molar-refractivity contribution in [2.45, 2.75) is 0 Å². The van der Waals surface area contributed by atoms with E-state index in [-0.39, 0.29) is 17.2 Å². The van der Waals surface area contributed by atoms with Gasteiger partial charge in [0.1, 0.15) is 17.1 Å². The zero-order chi connectivity index (χ0) is 18.7. The SMILES string of the molecule is COc1ccc(Oc2ccc3cc(OC)c(OC)cc3n2)c(C(=O)O)c1. The third kappa shape index (κ3) is 3.32. The van der Waals surface area contributed by atoms with Gasteiger partial charge in [-0.1, -0.05) is 0 Å². The van der Waals surface area contributed by atoms with Crippen LogP contribution < -0.4 is 18.9 Å². The normalized spacial score (nSPS) is 10.4. The molecule has 0 spiro atoms. The predicted octanol–water partition coefficient (Wildman–Crippen LogP) is 3.75. The highest BCUT2D eigenvalue weighted by Crippen LogP contribution is 2.33. The number of methoxy groups -OCH3 is 3. The lowest BCUT2D eigenvalue weighted by Gasteiger charge is -2.11. The van der Waals surface area contributed by atoms with Crippen molar-refractivity contribution in [2.75, 3.05) is 21.3 Å². The number of pyridine rings is 1. The Morgan fingerprint density at radius 3 is 2.27 bits per heavy atom. The number of carbonyl (C=O) groups is 1. The number of carboxylic acid groups (broad SMARTS) is 1. The fraction of sp³-hybridized carbons (Fsp3) is 0.158. The molecule has 3 rings (SSSR count). The Morgan fingerprint density at radius 1 is 0.885 bits per heavy atom. The number of nitrogens with zero attached hydrogens (tertiary/aromatic N) is 1. The number of hydrogen-bond donors (Lipinski definition) is 1. The summed E-state index contributed by atoms with van der Waals surface area (Å²) in [6.45, 7) is 0. The van der Waals surface area contributed by atoms with Crippen molar-refractivity contribution in [3.63, 3.8) is 0 Å². The van der Waals surface area contributed by atoms with E-state index in [1.165, 1.54) is 19.2 Å². The molecule has 0 fully saturated rings. The summed E-state index contributed by atoms with van der Waals surface area (Å²) in [6, 6.07) is 11.5. The van der Waals surface area contributed by atoms with Crippen molar-refractivity contribution in [1.29, 1.82) is 0 Å². The average Bonchev–Trinajstić information content (AvgIpc) is 2.66. The third-order valence-corrected chi connectivity index (χ3v) is 3.80. The van der Waals surface area contributed by atoms with E-state index in [2.05, 4.69) is 4.98 Å². The topological polar surface area (TPSA) is 87.1 Å². The van der Waals surface area contributed by atoms with Gasteiger partial charge in [-0.2, -0.15) is 0 Å². The predicted molar refractivity (Wildman–Crippen MR) is 94.9 cm³/mol. The molecule has 0 aliphatic rings. The highest BCUT2D eigenvalue weighted by atomic mass is 16.5. The lowest BCUT2D eigenvalue weighted by Crippen LogP contribution is -2.01. The van der Waals surface area contributed by atoms with Crippen LogP contribution in [0.2, 0.25) is 0 Å². The molecule has 0 atom stereocenters. The molecule has 7 nitrogen and oxygen atoms in total. The van der Waals surface area contributed by atoms with E-state index in [9.17, 15) is 9.90 Å². The fourth-order valence-corrected chi connectivity index (χ4v) is 2.49. The number of aromatic carboxylic acids is 1. The van der Waals surface area contributed by atoms with Crippen molar-refractivity contribution in [3.05, 3.63) is 48.0 Å². The standard InChI is InChI=1S/C19H17NO6/c1-23-12-5-6-15(13(9-12)19(21)22)26-18-7-4-11-8-16(24-2)17(25-3)10-14(11)20-18/h4-10H,1-3H3,(H,21,22). The molecule has 0 aliphatic carbocycles. The van der Waals surface area contributed by atoms with Crippen molar-refractivity contribution in [1.82, 2.24) is 4.98 Å². The number of ether oxygens (including phenoxy) is 4. The molecule has 1 N–H and O–H groups in total. The lowest BCUT2D eigenvalue weighted by atomic mass is 10.2. The number of hydrogen-bond acceptors (Lipinski definition) is 6. The average molecular weight is 355 g/mol. The number of carboxylic acids is 1. The summed E-state index contributed by atoms with van der Waals surface area (Å²) in [5.41, 5.74) is 0.615. The van der Waals surface area contributed by atoms with Crippen LogP contribution in [0, 0.1) is 0 Å². The Kier molecular flexibility index (Phi) is 4.79. The van der Waals surface area contributed by atoms with Gasteiger partial charge in [-0.05, 0) is 30.3 Å². The number of aromatic nitrogens is 1. The first-order chi connectivity index (χ1) is 12.5. The molecule has 1 heterocycles. The number of benzene rings is 2. The van der Waals surface area contributed by atoms with Crippen LogP contribution in [0.5, 0.6) is 28.9 Å². The molecule has 134 valence electrons. The van der Waals surface area contributed by atoms with Crippen LogP contribution in [-0.2, 0) is 0 Å². The summed E-state index contributed by atoms with van der Waals surface area (Å²) in [5.74, 6) is 0.881. The Morgan fingerprint density at radius 2 is 1.62 bits per heavy atom. The number of fused-ring (bicyclic) bond motifs is 1. The van der Waals surface area contributed by atoms with Gasteiger partial charge >= 0.3 is 5.97 Å². The van der Waals surface area contributed by atoms with Crippen LogP contribution in [0.4, 0.5) is 0 Å². The molecule has 0 aliphatic heterocycles. The molecule has 0 saturated heterocycles. The minimum Gasteiger partial charge on any atom is -0.497 e. The van der Waals surface area contributed by atoms with Crippen LogP contribution in [0.15, 0.2) is 42.5 Å². The second-order valence-electron chi connectivity index (χ2n) is 5.32. The molecule has 0 amide bonds. The zero-order valence-corrected chi connectivity index (χ0v) is 14.5. The first-order valence-electron chi connectivity index (χ1n) is 7.67. The first kappa shape index (κ1) is 17.3. The van der Waals surface area contributed by atoms with Gasteiger partial charge in [0.05, 0.1) is 26.8 Å². The third-order valence-electron chi connectivity index (χ3n) is 3.80. The Bertz CT molecular complexity index is 970. The molecular formula is C19H17NO6. The fourth-order valence-electron chi connectivity index (χ4n) is 2.49. The Balaban J connectivity index is 2.00. The van der Waals surface area contributed by atoms with Gasteiger partial charge in [-0.15, -0.1) is 0 Å². The summed E-state index contributed by atoms with van der Waals surface area (Å²) in [4.78, 5) is 15.9. The first-order valence-corrected chi connectivity index (χ1v) is 7.67. The van der Waals surface area contributed by atoms with E-state index >= 15 is 0 Å². The summed E-state index contributed by atoms with van der Waals surface area (Å²) >= 11 is 0. The maximum Gasteiger partial charge on any atom is 0.339 e. The van der Waals surface area contributed by atoms with Crippen molar-refractivity contribution < 1.29 is 28.8 Å². The highest BCUT2D eigenvalue weighted by molar-refractivity contribution is 5.91. The monoisotopic (exact) mass is 355 g/mol. The van der Waals surface area contributed by atoms with Crippen molar-refractivity contribution in [3.8, 4) is 28.9 Å². The Labute approximate surface area is 149 Å². The van der Waals surface area contributed by atoms with Gasteiger partial charge in [-0.25, -0.2) is 9.78 Å².